The Kier molecular flexibility index (Phi) is 4.59. The number of H-pyrrole nitrogens is 1. The Morgan fingerprint density at radius 3 is 2.88 bits per heavy atom. The summed E-state index contributed by atoms with van der Waals surface area (Å²) >= 11 is 6.02. The predicted molar refractivity (Wildman–Crippen MR) is 97.1 cm³/mol. The first-order valence-electron chi connectivity index (χ1n) is 7.55. The number of aromatic nitrogens is 2. The standard InChI is InChI=1S/C18H15ClN4O2/c1-10(22-17-7-16(25-2)12(8-20)9-21-17)14-6-11-5-13(19)3-4-15(11)23-18(14)24/h3-7,9-10H,1-2H3,(H,21,22)(H,23,24)/t10-/m1/s1. The number of aromatic amines is 1. The number of hydrogen-bond donors (Lipinski definition) is 2. The molecule has 0 bridgehead atoms. The number of pyridine rings is 2. The average molecular weight is 355 g/mol. The van der Waals surface area contributed by atoms with Crippen molar-refractivity contribution < 1.29 is 4.74 Å². The highest BCUT2D eigenvalue weighted by molar-refractivity contribution is 6.31. The molecule has 7 heteroatoms. The lowest BCUT2D eigenvalue weighted by Gasteiger charge is -2.15. The Labute approximate surface area is 149 Å². The summed E-state index contributed by atoms with van der Waals surface area (Å²) in [5.41, 5.74) is 1.44. The third-order valence-electron chi connectivity index (χ3n) is 3.87. The first-order chi connectivity index (χ1) is 12.0. The minimum Gasteiger partial charge on any atom is -0.495 e. The van der Waals surface area contributed by atoms with Crippen LogP contribution in [-0.4, -0.2) is 17.1 Å². The van der Waals surface area contributed by atoms with Gasteiger partial charge in [0.15, 0.2) is 0 Å². The molecule has 0 aliphatic heterocycles. The third-order valence-corrected chi connectivity index (χ3v) is 4.11. The number of benzene rings is 1. The Morgan fingerprint density at radius 2 is 2.16 bits per heavy atom. The summed E-state index contributed by atoms with van der Waals surface area (Å²) in [6.45, 7) is 1.85. The third kappa shape index (κ3) is 3.42. The van der Waals surface area contributed by atoms with Crippen LogP contribution >= 0.6 is 11.6 Å². The Morgan fingerprint density at radius 1 is 1.36 bits per heavy atom. The number of hydrogen-bond acceptors (Lipinski definition) is 5. The molecule has 0 unspecified atom stereocenters. The number of halogens is 1. The van der Waals surface area contributed by atoms with Gasteiger partial charge in [-0.05, 0) is 31.2 Å². The van der Waals surface area contributed by atoms with E-state index in [0.29, 0.717) is 27.7 Å². The molecular weight excluding hydrogens is 340 g/mol. The van der Waals surface area contributed by atoms with Crippen LogP contribution in [-0.2, 0) is 0 Å². The lowest BCUT2D eigenvalue weighted by atomic mass is 10.1. The maximum absolute atomic E-state index is 12.4. The minimum absolute atomic E-state index is 0.185. The fourth-order valence-electron chi connectivity index (χ4n) is 2.58. The molecule has 2 aromatic heterocycles. The number of nitrogens with one attached hydrogen (secondary N) is 2. The van der Waals surface area contributed by atoms with E-state index in [1.54, 1.807) is 30.3 Å². The van der Waals surface area contributed by atoms with Crippen LogP contribution in [0.2, 0.25) is 5.02 Å². The number of methoxy groups -OCH3 is 1. The van der Waals surface area contributed by atoms with Gasteiger partial charge in [0.2, 0.25) is 0 Å². The van der Waals surface area contributed by atoms with Gasteiger partial charge in [0, 0.05) is 27.6 Å². The van der Waals surface area contributed by atoms with E-state index in [9.17, 15) is 4.79 Å². The lowest BCUT2D eigenvalue weighted by molar-refractivity contribution is 0.413. The zero-order valence-electron chi connectivity index (χ0n) is 13.6. The summed E-state index contributed by atoms with van der Waals surface area (Å²) in [5, 5.41) is 13.6. The number of ether oxygens (including phenoxy) is 1. The van der Waals surface area contributed by atoms with E-state index >= 15 is 0 Å². The van der Waals surface area contributed by atoms with Crippen molar-refractivity contribution in [2.75, 3.05) is 12.4 Å². The van der Waals surface area contributed by atoms with Gasteiger partial charge in [0.05, 0.1) is 19.3 Å². The first-order valence-corrected chi connectivity index (χ1v) is 7.92. The molecule has 0 aliphatic carbocycles. The molecule has 0 spiro atoms. The molecule has 0 aliphatic rings. The van der Waals surface area contributed by atoms with E-state index in [0.717, 1.165) is 10.9 Å². The highest BCUT2D eigenvalue weighted by Gasteiger charge is 2.13. The molecule has 25 heavy (non-hydrogen) atoms. The van der Waals surface area contributed by atoms with Gasteiger partial charge in [0.25, 0.3) is 5.56 Å². The second kappa shape index (κ2) is 6.83. The van der Waals surface area contributed by atoms with Gasteiger partial charge >= 0.3 is 0 Å². The second-order valence-electron chi connectivity index (χ2n) is 5.53. The normalized spacial score (nSPS) is 11.8. The quantitative estimate of drug-likeness (QED) is 0.746. The Balaban J connectivity index is 1.94. The molecule has 3 aromatic rings. The van der Waals surface area contributed by atoms with Gasteiger partial charge in [0.1, 0.15) is 23.2 Å². The van der Waals surface area contributed by atoms with Crippen LogP contribution in [0.5, 0.6) is 5.75 Å². The molecule has 0 radical (unpaired) electrons. The van der Waals surface area contributed by atoms with Gasteiger partial charge in [-0.15, -0.1) is 0 Å². The van der Waals surface area contributed by atoms with Gasteiger partial charge in [-0.1, -0.05) is 11.6 Å². The van der Waals surface area contributed by atoms with Crippen LogP contribution in [0.4, 0.5) is 5.82 Å². The molecule has 2 heterocycles. The van der Waals surface area contributed by atoms with Crippen LogP contribution in [0, 0.1) is 11.3 Å². The van der Waals surface area contributed by atoms with E-state index in [1.807, 2.05) is 13.0 Å². The molecule has 1 aromatic carbocycles. The van der Waals surface area contributed by atoms with E-state index in [1.165, 1.54) is 13.3 Å². The summed E-state index contributed by atoms with van der Waals surface area (Å²) < 4.78 is 5.17. The fraction of sp³-hybridized carbons (Fsp3) is 0.167. The molecule has 0 fully saturated rings. The van der Waals surface area contributed by atoms with E-state index in [2.05, 4.69) is 15.3 Å². The summed E-state index contributed by atoms with van der Waals surface area (Å²) in [5.74, 6) is 0.931. The SMILES string of the molecule is COc1cc(N[C@H](C)c2cc3cc(Cl)ccc3[nH]c2=O)ncc1C#N. The zero-order valence-corrected chi connectivity index (χ0v) is 14.4. The Bertz CT molecular complexity index is 1040. The van der Waals surface area contributed by atoms with Gasteiger partial charge in [-0.2, -0.15) is 5.26 Å². The molecule has 0 amide bonds. The molecule has 3 rings (SSSR count). The average Bonchev–Trinajstić information content (AvgIpc) is 2.61. The smallest absolute Gasteiger partial charge is 0.253 e. The van der Waals surface area contributed by atoms with Crippen molar-refractivity contribution in [1.82, 2.24) is 9.97 Å². The molecule has 6 nitrogen and oxygen atoms in total. The van der Waals surface area contributed by atoms with Crippen molar-refractivity contribution >= 4 is 28.3 Å². The second-order valence-corrected chi connectivity index (χ2v) is 5.97. The number of rotatable bonds is 4. The van der Waals surface area contributed by atoms with Gasteiger partial charge in [-0.3, -0.25) is 4.79 Å². The molecular formula is C18H15ClN4O2. The van der Waals surface area contributed by atoms with Crippen LogP contribution < -0.4 is 15.6 Å². The highest BCUT2D eigenvalue weighted by atomic mass is 35.5. The zero-order chi connectivity index (χ0) is 18.0. The number of anilines is 1. The number of nitriles is 1. The van der Waals surface area contributed by atoms with Crippen molar-refractivity contribution in [2.24, 2.45) is 0 Å². The molecule has 1 atom stereocenters. The van der Waals surface area contributed by atoms with E-state index in [-0.39, 0.29) is 11.6 Å². The summed E-state index contributed by atoms with van der Waals surface area (Å²) in [7, 11) is 1.49. The van der Waals surface area contributed by atoms with Crippen LogP contribution in [0.3, 0.4) is 0 Å². The highest BCUT2D eigenvalue weighted by Crippen LogP contribution is 2.24. The maximum atomic E-state index is 12.4. The molecule has 2 N–H and O–H groups in total. The number of fused-ring (bicyclic) bond motifs is 1. The van der Waals surface area contributed by atoms with Gasteiger partial charge in [-0.25, -0.2) is 4.98 Å². The topological polar surface area (TPSA) is 90.8 Å². The monoisotopic (exact) mass is 354 g/mol. The Hall–Kier alpha value is -3.04. The summed E-state index contributed by atoms with van der Waals surface area (Å²) in [6.07, 6.45) is 1.43. The fourth-order valence-corrected chi connectivity index (χ4v) is 2.76. The van der Waals surface area contributed by atoms with Crippen molar-refractivity contribution in [3.63, 3.8) is 0 Å². The van der Waals surface area contributed by atoms with Crippen LogP contribution in [0.25, 0.3) is 10.9 Å². The number of nitrogens with zero attached hydrogens (tertiary/aromatic N) is 2. The molecule has 0 saturated heterocycles. The van der Waals surface area contributed by atoms with Crippen molar-refractivity contribution in [1.29, 1.82) is 5.26 Å². The largest absolute Gasteiger partial charge is 0.495 e. The van der Waals surface area contributed by atoms with Gasteiger partial charge < -0.3 is 15.0 Å². The first kappa shape index (κ1) is 16.8. The van der Waals surface area contributed by atoms with Crippen LogP contribution in [0.15, 0.2) is 41.3 Å². The predicted octanol–water partition coefficient (Wildman–Crippen LogP) is 3.63. The maximum Gasteiger partial charge on any atom is 0.253 e. The molecule has 0 saturated carbocycles. The van der Waals surface area contributed by atoms with E-state index in [4.69, 9.17) is 21.6 Å². The summed E-state index contributed by atoms with van der Waals surface area (Å²) in [4.78, 5) is 19.4. The summed E-state index contributed by atoms with van der Waals surface area (Å²) in [6, 6.07) is 10.4. The molecule has 126 valence electrons. The van der Waals surface area contributed by atoms with Crippen molar-refractivity contribution in [2.45, 2.75) is 13.0 Å². The lowest BCUT2D eigenvalue weighted by Crippen LogP contribution is -2.19. The van der Waals surface area contributed by atoms with E-state index < -0.39 is 0 Å². The minimum atomic E-state index is -0.308. The van der Waals surface area contributed by atoms with Crippen molar-refractivity contribution in [3.05, 3.63) is 63.0 Å². The van der Waals surface area contributed by atoms with Crippen molar-refractivity contribution in [3.8, 4) is 11.8 Å². The van der Waals surface area contributed by atoms with Crippen LogP contribution in [0.1, 0.15) is 24.1 Å².